The molecular formula is C9H13ClN2O. The summed E-state index contributed by atoms with van der Waals surface area (Å²) in [5.41, 5.74) is 0.324. The smallest absolute Gasteiger partial charge is 0.171 e. The zero-order valence-corrected chi connectivity index (χ0v) is 8.58. The zero-order chi connectivity index (χ0) is 9.84. The third-order valence-electron chi connectivity index (χ3n) is 1.79. The molecule has 0 saturated heterocycles. The van der Waals surface area contributed by atoms with Crippen LogP contribution in [0, 0.1) is 5.92 Å². The van der Waals surface area contributed by atoms with Gasteiger partial charge < -0.3 is 0 Å². The van der Waals surface area contributed by atoms with Gasteiger partial charge in [0, 0.05) is 12.7 Å². The summed E-state index contributed by atoms with van der Waals surface area (Å²) in [4.78, 5) is 10.4. The van der Waals surface area contributed by atoms with E-state index in [0.29, 0.717) is 22.9 Å². The average Bonchev–Trinajstić information content (AvgIpc) is 2.43. The fourth-order valence-electron chi connectivity index (χ4n) is 0.997. The largest absolute Gasteiger partial charge is 0.296 e. The second kappa shape index (κ2) is 4.42. The van der Waals surface area contributed by atoms with Gasteiger partial charge in [0.1, 0.15) is 5.69 Å². The molecule has 0 amide bonds. The van der Waals surface area contributed by atoms with Crippen molar-refractivity contribution in [1.82, 2.24) is 9.78 Å². The van der Waals surface area contributed by atoms with Crippen LogP contribution in [0.15, 0.2) is 6.20 Å². The first-order valence-corrected chi connectivity index (χ1v) is 4.69. The summed E-state index contributed by atoms with van der Waals surface area (Å²) in [6.45, 7) is 5.10. The molecule has 0 atom stereocenters. The first-order valence-electron chi connectivity index (χ1n) is 4.31. The van der Waals surface area contributed by atoms with Gasteiger partial charge in [-0.15, -0.1) is 0 Å². The van der Waals surface area contributed by atoms with E-state index in [2.05, 4.69) is 18.9 Å². The van der Waals surface area contributed by atoms with Crippen molar-refractivity contribution in [2.45, 2.75) is 26.8 Å². The highest BCUT2D eigenvalue weighted by Crippen LogP contribution is 2.12. The summed E-state index contributed by atoms with van der Waals surface area (Å²) in [5.74, 6) is 0.627. The Labute approximate surface area is 82.7 Å². The van der Waals surface area contributed by atoms with Crippen molar-refractivity contribution in [3.63, 3.8) is 0 Å². The number of hydrogen-bond acceptors (Lipinski definition) is 2. The second-order valence-corrected chi connectivity index (χ2v) is 3.83. The van der Waals surface area contributed by atoms with E-state index in [1.165, 1.54) is 0 Å². The lowest BCUT2D eigenvalue weighted by molar-refractivity contribution is 0.111. The summed E-state index contributed by atoms with van der Waals surface area (Å²) in [5, 5.41) is 4.45. The number of halogens is 1. The molecule has 3 nitrogen and oxygen atoms in total. The molecule has 1 rings (SSSR count). The number of carbonyl (C=O) groups is 1. The Kier molecular flexibility index (Phi) is 3.48. The van der Waals surface area contributed by atoms with Crippen molar-refractivity contribution in [3.05, 3.63) is 16.9 Å². The number of carbonyl (C=O) groups excluding carboxylic acids is 1. The Bertz CT molecular complexity index is 294. The Hall–Kier alpha value is -0.830. The van der Waals surface area contributed by atoms with Crippen molar-refractivity contribution >= 4 is 17.9 Å². The van der Waals surface area contributed by atoms with Gasteiger partial charge in [0.25, 0.3) is 0 Å². The van der Waals surface area contributed by atoms with Gasteiger partial charge in [0.15, 0.2) is 6.29 Å². The number of rotatable bonds is 4. The van der Waals surface area contributed by atoms with Gasteiger partial charge in [-0.3, -0.25) is 9.48 Å². The van der Waals surface area contributed by atoms with Crippen molar-refractivity contribution in [2.24, 2.45) is 5.92 Å². The lowest BCUT2D eigenvalue weighted by Gasteiger charge is -2.03. The molecule has 4 heteroatoms. The van der Waals surface area contributed by atoms with Crippen LogP contribution in [0.4, 0.5) is 0 Å². The van der Waals surface area contributed by atoms with E-state index in [1.807, 2.05) is 0 Å². The molecule has 0 aromatic carbocycles. The second-order valence-electron chi connectivity index (χ2n) is 3.43. The van der Waals surface area contributed by atoms with Gasteiger partial charge in [0.2, 0.25) is 0 Å². The average molecular weight is 201 g/mol. The maximum atomic E-state index is 10.4. The van der Waals surface area contributed by atoms with Crippen LogP contribution in [0.3, 0.4) is 0 Å². The minimum absolute atomic E-state index is 0.324. The molecule has 0 aliphatic rings. The maximum absolute atomic E-state index is 10.4. The minimum atomic E-state index is 0.324. The molecule has 0 saturated carbocycles. The molecular weight excluding hydrogens is 188 g/mol. The van der Waals surface area contributed by atoms with Crippen LogP contribution < -0.4 is 0 Å². The van der Waals surface area contributed by atoms with E-state index in [0.717, 1.165) is 13.0 Å². The predicted octanol–water partition coefficient (Wildman–Crippen LogP) is 2.40. The van der Waals surface area contributed by atoms with Gasteiger partial charge in [-0.25, -0.2) is 0 Å². The fourth-order valence-corrected chi connectivity index (χ4v) is 1.19. The van der Waals surface area contributed by atoms with Crippen LogP contribution in [-0.4, -0.2) is 16.1 Å². The van der Waals surface area contributed by atoms with Crippen molar-refractivity contribution in [3.8, 4) is 0 Å². The van der Waals surface area contributed by atoms with E-state index in [1.54, 1.807) is 10.9 Å². The monoisotopic (exact) mass is 200 g/mol. The number of aromatic nitrogens is 2. The topological polar surface area (TPSA) is 34.9 Å². The van der Waals surface area contributed by atoms with Gasteiger partial charge in [0.05, 0.1) is 5.02 Å². The van der Waals surface area contributed by atoms with Gasteiger partial charge in [-0.05, 0) is 12.3 Å². The SMILES string of the molecule is CC(C)CCn1cc(Cl)c(C=O)n1. The lowest BCUT2D eigenvalue weighted by Crippen LogP contribution is -2.02. The fraction of sp³-hybridized carbons (Fsp3) is 0.556. The Balaban J connectivity index is 2.63. The third-order valence-corrected chi connectivity index (χ3v) is 2.08. The van der Waals surface area contributed by atoms with Crippen molar-refractivity contribution in [2.75, 3.05) is 0 Å². The van der Waals surface area contributed by atoms with Crippen LogP contribution in [0.2, 0.25) is 5.02 Å². The quantitative estimate of drug-likeness (QED) is 0.700. The minimum Gasteiger partial charge on any atom is -0.296 e. The zero-order valence-electron chi connectivity index (χ0n) is 7.83. The number of nitrogens with zero attached hydrogens (tertiary/aromatic N) is 2. The molecule has 0 aliphatic carbocycles. The van der Waals surface area contributed by atoms with E-state index >= 15 is 0 Å². The van der Waals surface area contributed by atoms with Crippen LogP contribution in [0.5, 0.6) is 0 Å². The first kappa shape index (κ1) is 10.3. The van der Waals surface area contributed by atoms with E-state index < -0.39 is 0 Å². The predicted molar refractivity (Wildman–Crippen MR) is 52.1 cm³/mol. The normalized spacial score (nSPS) is 10.8. The molecule has 0 unspecified atom stereocenters. The van der Waals surface area contributed by atoms with Gasteiger partial charge in [-0.1, -0.05) is 25.4 Å². The summed E-state index contributed by atoms with van der Waals surface area (Å²) in [6.07, 6.45) is 3.40. The molecule has 0 aliphatic heterocycles. The first-order chi connectivity index (χ1) is 6.13. The molecule has 0 radical (unpaired) electrons. The molecule has 13 heavy (non-hydrogen) atoms. The molecule has 1 aromatic heterocycles. The van der Waals surface area contributed by atoms with E-state index in [4.69, 9.17) is 11.6 Å². The highest BCUT2D eigenvalue weighted by molar-refractivity contribution is 6.32. The van der Waals surface area contributed by atoms with E-state index in [9.17, 15) is 4.79 Å². The van der Waals surface area contributed by atoms with Crippen LogP contribution >= 0.6 is 11.6 Å². The molecule has 0 spiro atoms. The van der Waals surface area contributed by atoms with Gasteiger partial charge in [-0.2, -0.15) is 5.10 Å². The van der Waals surface area contributed by atoms with Gasteiger partial charge >= 0.3 is 0 Å². The highest BCUT2D eigenvalue weighted by Gasteiger charge is 2.05. The lowest BCUT2D eigenvalue weighted by atomic mass is 10.1. The number of aryl methyl sites for hydroxylation is 1. The molecule has 1 aromatic rings. The summed E-state index contributed by atoms with van der Waals surface area (Å²) < 4.78 is 1.71. The Morgan fingerprint density at radius 1 is 1.69 bits per heavy atom. The standard InChI is InChI=1S/C9H13ClN2O/c1-7(2)3-4-12-5-8(10)9(6-13)11-12/h5-7H,3-4H2,1-2H3. The van der Waals surface area contributed by atoms with Crippen molar-refractivity contribution < 1.29 is 4.79 Å². The Morgan fingerprint density at radius 3 is 2.85 bits per heavy atom. The van der Waals surface area contributed by atoms with Crippen molar-refractivity contribution in [1.29, 1.82) is 0 Å². The summed E-state index contributed by atoms with van der Waals surface area (Å²) in [7, 11) is 0. The van der Waals surface area contributed by atoms with Crippen LogP contribution in [0.25, 0.3) is 0 Å². The molecule has 0 N–H and O–H groups in total. The Morgan fingerprint density at radius 2 is 2.38 bits per heavy atom. The number of aldehydes is 1. The van der Waals surface area contributed by atoms with Crippen LogP contribution in [0.1, 0.15) is 30.8 Å². The molecule has 0 fully saturated rings. The summed E-state index contributed by atoms with van der Waals surface area (Å²) >= 11 is 5.75. The molecule has 1 heterocycles. The van der Waals surface area contributed by atoms with E-state index in [-0.39, 0.29) is 0 Å². The third kappa shape index (κ3) is 2.84. The van der Waals surface area contributed by atoms with Crippen LogP contribution in [-0.2, 0) is 6.54 Å². The summed E-state index contributed by atoms with van der Waals surface area (Å²) in [6, 6.07) is 0. The number of hydrogen-bond donors (Lipinski definition) is 0. The highest BCUT2D eigenvalue weighted by atomic mass is 35.5. The maximum Gasteiger partial charge on any atom is 0.171 e. The molecule has 72 valence electrons. The molecule has 0 bridgehead atoms.